The topological polar surface area (TPSA) is 90.7 Å². The van der Waals surface area contributed by atoms with E-state index in [1.54, 1.807) is 6.07 Å². The zero-order chi connectivity index (χ0) is 9.26. The van der Waals surface area contributed by atoms with E-state index in [9.17, 15) is 0 Å². The third kappa shape index (κ3) is 1.46. The summed E-state index contributed by atoms with van der Waals surface area (Å²) in [4.78, 5) is 3.78. The highest BCUT2D eigenvalue weighted by molar-refractivity contribution is 5.49. The molecule has 6 heteroatoms. The van der Waals surface area contributed by atoms with Crippen molar-refractivity contribution in [3.63, 3.8) is 0 Å². The Labute approximate surface area is 73.8 Å². The molecule has 2 rings (SSSR count). The fourth-order valence-electron chi connectivity index (χ4n) is 0.881. The Bertz CT molecular complexity index is 407. The van der Waals surface area contributed by atoms with E-state index < -0.39 is 0 Å². The molecule has 2 aromatic rings. The molecule has 2 aromatic heterocycles. The Hall–Kier alpha value is -1.98. The molecule has 66 valence electrons. The van der Waals surface area contributed by atoms with Crippen molar-refractivity contribution in [3.8, 4) is 11.5 Å². The maximum absolute atomic E-state index is 5.28. The lowest BCUT2D eigenvalue weighted by atomic mass is 10.3. The molecule has 0 bridgehead atoms. The van der Waals surface area contributed by atoms with Gasteiger partial charge < -0.3 is 10.3 Å². The number of nitrogens with zero attached hydrogens (tertiary/aromatic N) is 4. The van der Waals surface area contributed by atoms with Crippen LogP contribution in [0.5, 0.6) is 0 Å². The predicted molar refractivity (Wildman–Crippen MR) is 44.5 cm³/mol. The van der Waals surface area contributed by atoms with Gasteiger partial charge in [0.1, 0.15) is 5.69 Å². The summed E-state index contributed by atoms with van der Waals surface area (Å²) in [7, 11) is 0. The van der Waals surface area contributed by atoms with Gasteiger partial charge >= 0.3 is 0 Å². The maximum atomic E-state index is 5.28. The molecule has 2 N–H and O–H groups in total. The van der Waals surface area contributed by atoms with Crippen LogP contribution in [0.4, 0.5) is 5.95 Å². The summed E-state index contributed by atoms with van der Waals surface area (Å²) < 4.78 is 4.96. The van der Waals surface area contributed by atoms with E-state index in [1.807, 2.05) is 6.92 Å². The minimum atomic E-state index is 0.139. The molecule has 0 saturated carbocycles. The van der Waals surface area contributed by atoms with Gasteiger partial charge in [0.15, 0.2) is 5.76 Å². The average molecular weight is 177 g/mol. The van der Waals surface area contributed by atoms with Crippen molar-refractivity contribution in [2.75, 3.05) is 5.73 Å². The summed E-state index contributed by atoms with van der Waals surface area (Å²) in [5, 5.41) is 11.1. The van der Waals surface area contributed by atoms with Crippen molar-refractivity contribution in [1.82, 2.24) is 20.3 Å². The van der Waals surface area contributed by atoms with Crippen LogP contribution in [-0.4, -0.2) is 20.3 Å². The van der Waals surface area contributed by atoms with Gasteiger partial charge in [0, 0.05) is 6.07 Å². The Morgan fingerprint density at radius 1 is 1.38 bits per heavy atom. The smallest absolute Gasteiger partial charge is 0.240 e. The van der Waals surface area contributed by atoms with Crippen LogP contribution in [0.25, 0.3) is 11.5 Å². The third-order valence-corrected chi connectivity index (χ3v) is 1.46. The average Bonchev–Trinajstić information content (AvgIpc) is 2.53. The second-order valence-corrected chi connectivity index (χ2v) is 2.53. The lowest BCUT2D eigenvalue weighted by Gasteiger charge is -1.91. The Balaban J connectivity index is 2.41. The van der Waals surface area contributed by atoms with Crippen LogP contribution in [0.15, 0.2) is 16.8 Å². The van der Waals surface area contributed by atoms with E-state index in [4.69, 9.17) is 10.3 Å². The van der Waals surface area contributed by atoms with E-state index in [-0.39, 0.29) is 5.95 Å². The van der Waals surface area contributed by atoms with Gasteiger partial charge in [0.2, 0.25) is 5.95 Å². The number of hydrogen-bond acceptors (Lipinski definition) is 6. The molecular formula is C7H7N5O. The molecular weight excluding hydrogens is 170 g/mol. The van der Waals surface area contributed by atoms with Gasteiger partial charge in [-0.05, 0) is 6.92 Å². The maximum Gasteiger partial charge on any atom is 0.240 e. The number of rotatable bonds is 1. The second kappa shape index (κ2) is 2.81. The fourth-order valence-corrected chi connectivity index (χ4v) is 0.881. The van der Waals surface area contributed by atoms with E-state index in [2.05, 4.69) is 20.3 Å². The van der Waals surface area contributed by atoms with Gasteiger partial charge in [-0.15, -0.1) is 10.2 Å². The van der Waals surface area contributed by atoms with Crippen molar-refractivity contribution in [2.24, 2.45) is 0 Å². The third-order valence-electron chi connectivity index (χ3n) is 1.46. The molecule has 13 heavy (non-hydrogen) atoms. The first-order valence-electron chi connectivity index (χ1n) is 3.64. The van der Waals surface area contributed by atoms with Gasteiger partial charge in [0.25, 0.3) is 0 Å². The molecule has 0 aliphatic heterocycles. The summed E-state index contributed by atoms with van der Waals surface area (Å²) in [6.07, 6.45) is 1.49. The monoisotopic (exact) mass is 177 g/mol. The van der Waals surface area contributed by atoms with Gasteiger partial charge in [-0.2, -0.15) is 0 Å². The van der Waals surface area contributed by atoms with Crippen molar-refractivity contribution in [2.45, 2.75) is 6.92 Å². The number of nitrogens with two attached hydrogens (primary N) is 1. The quantitative estimate of drug-likeness (QED) is 0.678. The van der Waals surface area contributed by atoms with E-state index in [0.29, 0.717) is 11.5 Å². The Morgan fingerprint density at radius 3 is 2.77 bits per heavy atom. The molecule has 0 atom stereocenters. The first-order chi connectivity index (χ1) is 6.25. The number of nitrogen functional groups attached to an aromatic ring is 1. The molecule has 0 amide bonds. The van der Waals surface area contributed by atoms with Crippen LogP contribution in [-0.2, 0) is 0 Å². The summed E-state index contributed by atoms with van der Waals surface area (Å²) in [5.41, 5.74) is 6.59. The standard InChI is InChI=1S/C7H7N5O/c1-4-2-6(13-12-4)5-3-9-7(8)11-10-5/h2-3H,1H3,(H2,8,9,11). The Kier molecular flexibility index (Phi) is 1.66. The summed E-state index contributed by atoms with van der Waals surface area (Å²) in [6.45, 7) is 1.82. The Morgan fingerprint density at radius 2 is 2.23 bits per heavy atom. The number of aromatic nitrogens is 4. The van der Waals surface area contributed by atoms with E-state index in [0.717, 1.165) is 5.69 Å². The van der Waals surface area contributed by atoms with Crippen molar-refractivity contribution in [3.05, 3.63) is 18.0 Å². The lowest BCUT2D eigenvalue weighted by Crippen LogP contribution is -1.97. The highest BCUT2D eigenvalue weighted by atomic mass is 16.5. The highest BCUT2D eigenvalue weighted by Crippen LogP contribution is 2.15. The molecule has 0 fully saturated rings. The molecule has 0 saturated heterocycles. The molecule has 0 aliphatic rings. The van der Waals surface area contributed by atoms with E-state index in [1.165, 1.54) is 6.20 Å². The van der Waals surface area contributed by atoms with Crippen LogP contribution in [0, 0.1) is 6.92 Å². The molecule has 0 radical (unpaired) electrons. The van der Waals surface area contributed by atoms with Gasteiger partial charge in [-0.1, -0.05) is 5.16 Å². The second-order valence-electron chi connectivity index (χ2n) is 2.53. The summed E-state index contributed by atoms with van der Waals surface area (Å²) in [6, 6.07) is 1.75. The summed E-state index contributed by atoms with van der Waals surface area (Å²) >= 11 is 0. The van der Waals surface area contributed by atoms with Crippen LogP contribution in [0.1, 0.15) is 5.69 Å². The largest absolute Gasteiger partial charge is 0.366 e. The highest BCUT2D eigenvalue weighted by Gasteiger charge is 2.06. The lowest BCUT2D eigenvalue weighted by molar-refractivity contribution is 0.425. The fraction of sp³-hybridized carbons (Fsp3) is 0.143. The van der Waals surface area contributed by atoms with Gasteiger partial charge in [0.05, 0.1) is 11.9 Å². The normalized spacial score (nSPS) is 10.2. The van der Waals surface area contributed by atoms with Crippen LogP contribution in [0.3, 0.4) is 0 Å². The number of aryl methyl sites for hydroxylation is 1. The first-order valence-corrected chi connectivity index (χ1v) is 3.64. The molecule has 0 aromatic carbocycles. The van der Waals surface area contributed by atoms with Gasteiger partial charge in [-0.25, -0.2) is 4.98 Å². The van der Waals surface area contributed by atoms with Crippen LogP contribution >= 0.6 is 0 Å². The van der Waals surface area contributed by atoms with E-state index >= 15 is 0 Å². The van der Waals surface area contributed by atoms with Gasteiger partial charge in [-0.3, -0.25) is 0 Å². The number of hydrogen-bond donors (Lipinski definition) is 1. The SMILES string of the molecule is Cc1cc(-c2cnc(N)nn2)on1. The minimum absolute atomic E-state index is 0.139. The van der Waals surface area contributed by atoms with Crippen LogP contribution < -0.4 is 5.73 Å². The molecule has 0 unspecified atom stereocenters. The molecule has 0 spiro atoms. The van der Waals surface area contributed by atoms with Crippen LogP contribution in [0.2, 0.25) is 0 Å². The minimum Gasteiger partial charge on any atom is -0.366 e. The van der Waals surface area contributed by atoms with Crippen molar-refractivity contribution >= 4 is 5.95 Å². The summed E-state index contributed by atoms with van der Waals surface area (Å²) in [5.74, 6) is 0.678. The van der Waals surface area contributed by atoms with Crippen molar-refractivity contribution in [1.29, 1.82) is 0 Å². The zero-order valence-corrected chi connectivity index (χ0v) is 6.93. The zero-order valence-electron chi connectivity index (χ0n) is 6.93. The predicted octanol–water partition coefficient (Wildman–Crippen LogP) is 0.417. The molecule has 0 aliphatic carbocycles. The molecule has 2 heterocycles. The molecule has 6 nitrogen and oxygen atoms in total. The number of anilines is 1. The van der Waals surface area contributed by atoms with Crippen molar-refractivity contribution < 1.29 is 4.52 Å². The first kappa shape index (κ1) is 7.66.